The molecule has 12 nitrogen and oxygen atoms in total. The zero-order valence-electron chi connectivity index (χ0n) is 26.5. The third kappa shape index (κ3) is 17.0. The van der Waals surface area contributed by atoms with Crippen LogP contribution in [0.1, 0.15) is 98.8 Å². The molecular weight excluding hydrogens is 528 g/mol. The predicted molar refractivity (Wildman–Crippen MR) is 163 cm³/mol. The summed E-state index contributed by atoms with van der Waals surface area (Å²) in [6, 6.07) is 0. The van der Waals surface area contributed by atoms with Gasteiger partial charge in [-0.2, -0.15) is 15.0 Å². The lowest BCUT2D eigenvalue weighted by molar-refractivity contribution is 0.0794. The quantitative estimate of drug-likeness (QED) is 0.0993. The molecule has 1 aromatic rings. The smallest absolute Gasteiger partial charge is 0.235 e. The first-order chi connectivity index (χ1) is 20.1. The van der Waals surface area contributed by atoms with E-state index in [1.165, 1.54) is 0 Å². The topological polar surface area (TPSA) is 115 Å². The predicted octanol–water partition coefficient (Wildman–Crippen LogP) is 5.11. The van der Waals surface area contributed by atoms with E-state index in [2.05, 4.69) is 34.6 Å². The molecule has 0 aliphatic heterocycles. The molecule has 0 amide bonds. The summed E-state index contributed by atoms with van der Waals surface area (Å²) < 4.78 is 29.6. The molecule has 1 N–H and O–H groups in total. The van der Waals surface area contributed by atoms with Crippen molar-refractivity contribution in [2.24, 2.45) is 0 Å². The van der Waals surface area contributed by atoms with Crippen molar-refractivity contribution >= 4 is 17.8 Å². The summed E-state index contributed by atoms with van der Waals surface area (Å²) in [6.45, 7) is 14.6. The highest BCUT2D eigenvalue weighted by molar-refractivity contribution is 5.45. The lowest BCUT2D eigenvalue weighted by Gasteiger charge is -2.28. The Balaban J connectivity index is 3.36. The fourth-order valence-corrected chi connectivity index (χ4v) is 3.34. The van der Waals surface area contributed by atoms with Crippen molar-refractivity contribution in [1.82, 2.24) is 15.0 Å². The number of unbranched alkanes of at least 4 members (excludes halogenated alkanes) is 5. The monoisotopic (exact) mass is 586 g/mol. The largest absolute Gasteiger partial charge is 0.376 e. The first kappa shape index (κ1) is 37.2. The van der Waals surface area contributed by atoms with Gasteiger partial charge in [0.25, 0.3) is 0 Å². The zero-order chi connectivity index (χ0) is 30.0. The molecule has 0 bridgehead atoms. The summed E-state index contributed by atoms with van der Waals surface area (Å²) in [5, 5.41) is 10.2. The van der Waals surface area contributed by atoms with Crippen LogP contribution in [0.2, 0.25) is 0 Å². The minimum Gasteiger partial charge on any atom is -0.376 e. The van der Waals surface area contributed by atoms with E-state index in [1.807, 2.05) is 9.80 Å². The van der Waals surface area contributed by atoms with Gasteiger partial charge in [-0.05, 0) is 32.1 Å². The number of aliphatic hydroxyl groups excluding tert-OH is 1. The van der Waals surface area contributed by atoms with E-state index in [0.29, 0.717) is 50.9 Å². The molecule has 0 saturated carbocycles. The Labute approximate surface area is 248 Å². The standard InChI is InChI=1S/C29H58N6O6/c1-6-11-16-37-22-33(21-36)27-30-28(34(23-38-17-12-7-2)24-39-18-13-8-3)32-29(31-27)35(25-40-19-14-9-4)26-41-20-15-10-5/h36H,6-26H2,1-5H3. The molecule has 12 heteroatoms. The molecule has 0 fully saturated rings. The highest BCUT2D eigenvalue weighted by Gasteiger charge is 2.21. The van der Waals surface area contributed by atoms with Crippen LogP contribution in [0.25, 0.3) is 0 Å². The van der Waals surface area contributed by atoms with Crippen molar-refractivity contribution in [1.29, 1.82) is 0 Å². The third-order valence-corrected chi connectivity index (χ3v) is 6.07. The molecule has 0 aliphatic carbocycles. The molecule has 0 saturated heterocycles. The Kier molecular flexibility index (Phi) is 23.4. The maximum atomic E-state index is 10.2. The van der Waals surface area contributed by atoms with Crippen molar-refractivity contribution in [2.75, 3.05) is 88.1 Å². The van der Waals surface area contributed by atoms with Crippen LogP contribution in [0, 0.1) is 0 Å². The minimum atomic E-state index is -0.310. The van der Waals surface area contributed by atoms with E-state index in [1.54, 1.807) is 4.90 Å². The van der Waals surface area contributed by atoms with Gasteiger partial charge in [0.2, 0.25) is 17.8 Å². The first-order valence-corrected chi connectivity index (χ1v) is 15.6. The Morgan fingerprint density at radius 2 is 0.683 bits per heavy atom. The molecule has 0 aromatic carbocycles. The van der Waals surface area contributed by atoms with Gasteiger partial charge in [0.15, 0.2) is 0 Å². The first-order valence-electron chi connectivity index (χ1n) is 15.6. The summed E-state index contributed by atoms with van der Waals surface area (Å²) >= 11 is 0. The molecule has 0 spiro atoms. The number of aliphatic hydroxyl groups is 1. The lowest BCUT2D eigenvalue weighted by Crippen LogP contribution is -2.36. The van der Waals surface area contributed by atoms with Gasteiger partial charge in [0.1, 0.15) is 40.4 Å². The number of nitrogens with zero attached hydrogens (tertiary/aromatic N) is 6. The van der Waals surface area contributed by atoms with Gasteiger partial charge in [0, 0.05) is 33.0 Å². The number of hydrogen-bond acceptors (Lipinski definition) is 12. The van der Waals surface area contributed by atoms with Gasteiger partial charge in [-0.1, -0.05) is 66.7 Å². The molecule has 1 heterocycles. The second kappa shape index (κ2) is 25.8. The van der Waals surface area contributed by atoms with Crippen molar-refractivity contribution in [2.45, 2.75) is 98.8 Å². The van der Waals surface area contributed by atoms with Gasteiger partial charge < -0.3 is 28.8 Å². The molecule has 1 aromatic heterocycles. The van der Waals surface area contributed by atoms with E-state index in [9.17, 15) is 5.11 Å². The second-order valence-electron chi connectivity index (χ2n) is 9.95. The Morgan fingerprint density at radius 1 is 0.439 bits per heavy atom. The van der Waals surface area contributed by atoms with Crippen molar-refractivity contribution in [3.63, 3.8) is 0 Å². The molecule has 0 aliphatic rings. The number of anilines is 3. The molecule has 1 rings (SSSR count). The summed E-state index contributed by atoms with van der Waals surface area (Å²) in [5.74, 6) is 1.07. The molecule has 41 heavy (non-hydrogen) atoms. The summed E-state index contributed by atoms with van der Waals surface area (Å²) in [7, 11) is 0. The maximum absolute atomic E-state index is 10.2. The van der Waals surface area contributed by atoms with E-state index >= 15 is 0 Å². The second-order valence-corrected chi connectivity index (χ2v) is 9.95. The Hall–Kier alpha value is -1.83. The van der Waals surface area contributed by atoms with Crippen LogP contribution in [0.15, 0.2) is 0 Å². The Bertz CT molecular complexity index is 665. The van der Waals surface area contributed by atoms with Crippen LogP contribution in [-0.2, 0) is 23.7 Å². The lowest BCUT2D eigenvalue weighted by atomic mass is 10.4. The fraction of sp³-hybridized carbons (Fsp3) is 0.897. The zero-order valence-corrected chi connectivity index (χ0v) is 26.5. The molecule has 0 atom stereocenters. The average molecular weight is 587 g/mol. The fourth-order valence-electron chi connectivity index (χ4n) is 3.34. The average Bonchev–Trinajstić information content (AvgIpc) is 2.99. The molecule has 0 unspecified atom stereocenters. The van der Waals surface area contributed by atoms with Gasteiger partial charge >= 0.3 is 0 Å². The summed E-state index contributed by atoms with van der Waals surface area (Å²) in [6.07, 6.45) is 9.98. The number of ether oxygens (including phenoxy) is 5. The van der Waals surface area contributed by atoms with Gasteiger partial charge in [-0.3, -0.25) is 14.7 Å². The Morgan fingerprint density at radius 3 is 0.927 bits per heavy atom. The summed E-state index contributed by atoms with van der Waals surface area (Å²) in [5.41, 5.74) is 0. The van der Waals surface area contributed by atoms with Crippen LogP contribution in [0.3, 0.4) is 0 Å². The maximum Gasteiger partial charge on any atom is 0.235 e. The van der Waals surface area contributed by atoms with Crippen LogP contribution in [-0.4, -0.2) is 93.5 Å². The molecular formula is C29H58N6O6. The van der Waals surface area contributed by atoms with Crippen molar-refractivity contribution in [3.8, 4) is 0 Å². The minimum absolute atomic E-state index is 0.152. The number of rotatable bonds is 29. The number of hydrogen-bond donors (Lipinski definition) is 1. The highest BCUT2D eigenvalue weighted by Crippen LogP contribution is 2.20. The van der Waals surface area contributed by atoms with E-state index in [-0.39, 0.29) is 40.4 Å². The van der Waals surface area contributed by atoms with Crippen LogP contribution < -0.4 is 14.7 Å². The van der Waals surface area contributed by atoms with E-state index < -0.39 is 0 Å². The van der Waals surface area contributed by atoms with Gasteiger partial charge in [-0.15, -0.1) is 0 Å². The van der Waals surface area contributed by atoms with Crippen molar-refractivity contribution < 1.29 is 28.8 Å². The normalized spacial score (nSPS) is 11.3. The number of aromatic nitrogens is 3. The van der Waals surface area contributed by atoms with Crippen LogP contribution in [0.4, 0.5) is 17.8 Å². The summed E-state index contributed by atoms with van der Waals surface area (Å²) in [4.78, 5) is 19.5. The van der Waals surface area contributed by atoms with Gasteiger partial charge in [0.05, 0.1) is 0 Å². The SMILES string of the molecule is CCCCOCN(CO)c1nc(N(COCCCC)COCCCC)nc(N(COCCCC)COCCCC)n1. The third-order valence-electron chi connectivity index (χ3n) is 6.07. The van der Waals surface area contributed by atoms with E-state index in [4.69, 9.17) is 38.6 Å². The molecule has 240 valence electrons. The molecule has 0 radical (unpaired) electrons. The van der Waals surface area contributed by atoms with Crippen LogP contribution in [0.5, 0.6) is 0 Å². The van der Waals surface area contributed by atoms with Crippen LogP contribution >= 0.6 is 0 Å². The highest BCUT2D eigenvalue weighted by atomic mass is 16.5. The van der Waals surface area contributed by atoms with Crippen molar-refractivity contribution in [3.05, 3.63) is 0 Å². The van der Waals surface area contributed by atoms with Gasteiger partial charge in [-0.25, -0.2) is 0 Å². The van der Waals surface area contributed by atoms with E-state index in [0.717, 1.165) is 64.2 Å².